The van der Waals surface area contributed by atoms with Gasteiger partial charge in [0.05, 0.1) is 4.92 Å². The first kappa shape index (κ1) is 20.1. The van der Waals surface area contributed by atoms with E-state index in [2.05, 4.69) is 4.72 Å². The molecule has 0 aliphatic heterocycles. The first-order chi connectivity index (χ1) is 10.2. The van der Waals surface area contributed by atoms with E-state index in [9.17, 15) is 18.5 Å². The molecule has 0 unspecified atom stereocenters. The Morgan fingerprint density at radius 1 is 1.30 bits per heavy atom. The summed E-state index contributed by atoms with van der Waals surface area (Å²) in [4.78, 5) is 9.85. The van der Waals surface area contributed by atoms with E-state index in [0.29, 0.717) is 0 Å². The van der Waals surface area contributed by atoms with Crippen LogP contribution in [0.15, 0.2) is 23.1 Å². The largest absolute Gasteiger partial charge is 0.324 e. The van der Waals surface area contributed by atoms with Crippen molar-refractivity contribution in [2.75, 3.05) is 6.54 Å². The van der Waals surface area contributed by atoms with Gasteiger partial charge in [-0.25, -0.2) is 13.1 Å². The van der Waals surface area contributed by atoms with Gasteiger partial charge in [0.15, 0.2) is 4.90 Å². The third-order valence-corrected chi connectivity index (χ3v) is 5.55. The lowest BCUT2D eigenvalue weighted by Gasteiger charge is -2.33. The average Bonchev–Trinajstić information content (AvgIpc) is 2.46. The molecule has 0 saturated heterocycles. The molecule has 0 spiro atoms. The minimum Gasteiger partial charge on any atom is -0.324 e. The number of halogens is 2. The van der Waals surface area contributed by atoms with Crippen LogP contribution in [-0.4, -0.2) is 25.4 Å². The van der Waals surface area contributed by atoms with Gasteiger partial charge in [-0.1, -0.05) is 30.9 Å². The fourth-order valence-corrected chi connectivity index (χ4v) is 4.06. The Hall–Kier alpha value is -0.930. The van der Waals surface area contributed by atoms with E-state index in [0.717, 1.165) is 44.2 Å². The number of nitrogens with two attached hydrogens (primary N) is 1. The van der Waals surface area contributed by atoms with Crippen molar-refractivity contribution in [3.05, 3.63) is 33.3 Å². The summed E-state index contributed by atoms with van der Waals surface area (Å²) in [7, 11) is -4.02. The number of benzene rings is 1. The summed E-state index contributed by atoms with van der Waals surface area (Å²) < 4.78 is 27.1. The highest BCUT2D eigenvalue weighted by Crippen LogP contribution is 2.29. The van der Waals surface area contributed by atoms with Gasteiger partial charge in [-0.3, -0.25) is 10.1 Å². The Morgan fingerprint density at radius 2 is 1.91 bits per heavy atom. The van der Waals surface area contributed by atoms with Gasteiger partial charge in [0.2, 0.25) is 10.0 Å². The second-order valence-electron chi connectivity index (χ2n) is 5.62. The SMILES string of the molecule is Cl.NC1(CNS(=O)(=O)c2ccc(Cl)cc2[N+](=O)[O-])CCCCC1. The molecule has 1 aromatic carbocycles. The topological polar surface area (TPSA) is 115 Å². The van der Waals surface area contributed by atoms with Crippen molar-refractivity contribution in [3.8, 4) is 0 Å². The van der Waals surface area contributed by atoms with E-state index in [-0.39, 0.29) is 24.0 Å². The highest BCUT2D eigenvalue weighted by atomic mass is 35.5. The van der Waals surface area contributed by atoms with Crippen molar-refractivity contribution in [3.63, 3.8) is 0 Å². The molecule has 130 valence electrons. The van der Waals surface area contributed by atoms with Gasteiger partial charge < -0.3 is 5.73 Å². The molecule has 10 heteroatoms. The second-order valence-corrected chi connectivity index (χ2v) is 7.79. The minimum absolute atomic E-state index is 0. The molecule has 1 fully saturated rings. The van der Waals surface area contributed by atoms with Crippen LogP contribution in [0.4, 0.5) is 5.69 Å². The summed E-state index contributed by atoms with van der Waals surface area (Å²) in [6.45, 7) is 0.0646. The van der Waals surface area contributed by atoms with Crippen molar-refractivity contribution in [1.82, 2.24) is 4.72 Å². The molecule has 0 atom stereocenters. The second kappa shape index (κ2) is 7.76. The lowest BCUT2D eigenvalue weighted by Crippen LogP contribution is -2.51. The van der Waals surface area contributed by atoms with E-state index >= 15 is 0 Å². The van der Waals surface area contributed by atoms with Gasteiger partial charge in [-0.05, 0) is 25.0 Å². The van der Waals surface area contributed by atoms with Crippen molar-refractivity contribution >= 4 is 39.7 Å². The first-order valence-corrected chi connectivity index (χ1v) is 8.82. The minimum atomic E-state index is -4.02. The number of nitrogens with one attached hydrogen (secondary N) is 1. The lowest BCUT2D eigenvalue weighted by atomic mass is 9.83. The van der Waals surface area contributed by atoms with Crippen molar-refractivity contribution in [2.45, 2.75) is 42.5 Å². The number of nitrogens with zero attached hydrogens (tertiary/aromatic N) is 1. The monoisotopic (exact) mass is 383 g/mol. The van der Waals surface area contributed by atoms with Crippen LogP contribution < -0.4 is 10.5 Å². The van der Waals surface area contributed by atoms with Crippen LogP contribution in [0.5, 0.6) is 0 Å². The Bertz CT molecular complexity index is 676. The predicted octanol–water partition coefficient (Wildman–Crippen LogP) is 2.61. The smallest absolute Gasteiger partial charge is 0.290 e. The molecule has 1 aliphatic carbocycles. The van der Waals surface area contributed by atoms with E-state index in [1.807, 2.05) is 0 Å². The highest BCUT2D eigenvalue weighted by molar-refractivity contribution is 7.89. The molecule has 0 aromatic heterocycles. The molecule has 7 nitrogen and oxygen atoms in total. The number of sulfonamides is 1. The Balaban J connectivity index is 0.00000264. The molecular formula is C13H19Cl2N3O4S. The summed E-state index contributed by atoms with van der Waals surface area (Å²) in [5.74, 6) is 0. The van der Waals surface area contributed by atoms with Crippen molar-refractivity contribution in [2.24, 2.45) is 5.73 Å². The maximum Gasteiger partial charge on any atom is 0.290 e. The van der Waals surface area contributed by atoms with Gasteiger partial charge >= 0.3 is 0 Å². The molecule has 23 heavy (non-hydrogen) atoms. The molecule has 0 bridgehead atoms. The number of hydrogen-bond donors (Lipinski definition) is 2. The number of nitro groups is 1. The van der Waals surface area contributed by atoms with E-state index in [4.69, 9.17) is 17.3 Å². The summed E-state index contributed by atoms with van der Waals surface area (Å²) >= 11 is 5.69. The zero-order valence-electron chi connectivity index (χ0n) is 12.3. The van der Waals surface area contributed by atoms with Crippen LogP contribution in [0.2, 0.25) is 5.02 Å². The van der Waals surface area contributed by atoms with E-state index < -0.39 is 31.1 Å². The normalized spacial score (nSPS) is 17.3. The average molecular weight is 384 g/mol. The van der Waals surface area contributed by atoms with Crippen molar-refractivity contribution < 1.29 is 13.3 Å². The molecule has 0 amide bonds. The molecule has 0 radical (unpaired) electrons. The van der Waals surface area contributed by atoms with Crippen LogP contribution >= 0.6 is 24.0 Å². The van der Waals surface area contributed by atoms with Crippen molar-refractivity contribution in [1.29, 1.82) is 0 Å². The number of rotatable bonds is 5. The third-order valence-electron chi connectivity index (χ3n) is 3.87. The molecule has 2 rings (SSSR count). The van der Waals surface area contributed by atoms with Gasteiger partial charge in [0, 0.05) is 23.2 Å². The predicted molar refractivity (Wildman–Crippen MR) is 90.5 cm³/mol. The molecule has 1 saturated carbocycles. The maximum atomic E-state index is 12.3. The zero-order valence-corrected chi connectivity index (χ0v) is 14.7. The quantitative estimate of drug-likeness (QED) is 0.598. The standard InChI is InChI=1S/C13H18ClN3O4S.ClH/c14-10-4-5-12(11(8-10)17(18)19)22(20,21)16-9-13(15)6-2-1-3-7-13;/h4-5,8,16H,1-3,6-7,9,15H2;1H. The highest BCUT2D eigenvalue weighted by Gasteiger charge is 2.31. The summed E-state index contributed by atoms with van der Waals surface area (Å²) in [5, 5.41) is 11.1. The summed E-state index contributed by atoms with van der Waals surface area (Å²) in [6.07, 6.45) is 4.48. The maximum absolute atomic E-state index is 12.3. The van der Waals surface area contributed by atoms with E-state index in [1.165, 1.54) is 6.07 Å². The van der Waals surface area contributed by atoms with Crippen LogP contribution in [-0.2, 0) is 10.0 Å². The van der Waals surface area contributed by atoms with Gasteiger partial charge in [-0.2, -0.15) is 0 Å². The molecular weight excluding hydrogens is 365 g/mol. The van der Waals surface area contributed by atoms with Crippen LogP contribution in [0, 0.1) is 10.1 Å². The summed E-state index contributed by atoms with van der Waals surface area (Å²) in [6, 6.07) is 3.46. The fourth-order valence-electron chi connectivity index (χ4n) is 2.61. The lowest BCUT2D eigenvalue weighted by molar-refractivity contribution is -0.387. The Kier molecular flexibility index (Phi) is 6.79. The Labute approximate surface area is 146 Å². The molecule has 3 N–H and O–H groups in total. The summed E-state index contributed by atoms with van der Waals surface area (Å²) in [5.41, 5.74) is 5.05. The van der Waals surface area contributed by atoms with Crippen LogP contribution in [0.3, 0.4) is 0 Å². The Morgan fingerprint density at radius 3 is 2.48 bits per heavy atom. The fraction of sp³-hybridized carbons (Fsp3) is 0.538. The molecule has 1 aliphatic rings. The van der Waals surface area contributed by atoms with E-state index in [1.54, 1.807) is 0 Å². The molecule has 0 heterocycles. The third kappa shape index (κ3) is 5.02. The molecule has 1 aromatic rings. The number of nitro benzene ring substituents is 1. The van der Waals surface area contributed by atoms with Crippen LogP contribution in [0.25, 0.3) is 0 Å². The zero-order chi connectivity index (χ0) is 16.4. The van der Waals surface area contributed by atoms with Gasteiger partial charge in [0.1, 0.15) is 0 Å². The van der Waals surface area contributed by atoms with Gasteiger partial charge in [0.25, 0.3) is 5.69 Å². The van der Waals surface area contributed by atoms with Gasteiger partial charge in [-0.15, -0.1) is 12.4 Å². The number of hydrogen-bond acceptors (Lipinski definition) is 5. The first-order valence-electron chi connectivity index (χ1n) is 6.96. The van der Waals surface area contributed by atoms with Crippen LogP contribution in [0.1, 0.15) is 32.1 Å².